The van der Waals surface area contributed by atoms with E-state index in [1.54, 1.807) is 18.2 Å². The Kier molecular flexibility index (Phi) is 9.27. The van der Waals surface area contributed by atoms with E-state index in [0.29, 0.717) is 38.8 Å². The molecule has 1 aromatic heterocycles. The van der Waals surface area contributed by atoms with Crippen LogP contribution in [0.15, 0.2) is 78.9 Å². The molecule has 0 spiro atoms. The standard InChI is InChI=1S/C31H33N5O6/c37-28(24-14-8-18-35(24)30(39)41-20-22-10-3-1-4-11-22)33-26-16-7-17-27(32-26)34-29(38)25-15-9-19-36(25)31(40)42-21-23-12-5-2-6-13-23/h1-7,10-13,16-17,24-25H,8-9,14-15,18-21H2,(H2,32,33,34,37,38)/t24-,25-/m0/s1. The number of pyridine rings is 1. The largest absolute Gasteiger partial charge is 0.445 e. The molecule has 0 bridgehead atoms. The second-order valence-electron chi connectivity index (χ2n) is 10.2. The first-order valence-corrected chi connectivity index (χ1v) is 14.0. The van der Waals surface area contributed by atoms with Gasteiger partial charge in [-0.25, -0.2) is 14.6 Å². The quantitative estimate of drug-likeness (QED) is 0.405. The Balaban J connectivity index is 1.14. The van der Waals surface area contributed by atoms with Gasteiger partial charge >= 0.3 is 12.2 Å². The number of nitrogens with zero attached hydrogens (tertiary/aromatic N) is 3. The molecule has 5 rings (SSSR count). The highest BCUT2D eigenvalue weighted by Gasteiger charge is 2.36. The zero-order chi connectivity index (χ0) is 29.3. The lowest BCUT2D eigenvalue weighted by Gasteiger charge is -2.24. The van der Waals surface area contributed by atoms with Crippen LogP contribution in [0.2, 0.25) is 0 Å². The maximum absolute atomic E-state index is 13.1. The van der Waals surface area contributed by atoms with Gasteiger partial charge in [-0.1, -0.05) is 66.7 Å². The summed E-state index contributed by atoms with van der Waals surface area (Å²) in [7, 11) is 0. The molecule has 2 fully saturated rings. The van der Waals surface area contributed by atoms with Gasteiger partial charge in [0.1, 0.15) is 36.9 Å². The minimum Gasteiger partial charge on any atom is -0.445 e. The van der Waals surface area contributed by atoms with Crippen molar-refractivity contribution >= 4 is 35.6 Å². The van der Waals surface area contributed by atoms with Crippen LogP contribution in [0.4, 0.5) is 21.2 Å². The minimum atomic E-state index is -0.692. The molecule has 2 aliphatic rings. The third-order valence-electron chi connectivity index (χ3n) is 7.24. The first-order valence-electron chi connectivity index (χ1n) is 14.0. The number of amides is 4. The van der Waals surface area contributed by atoms with Crippen LogP contribution in [0.1, 0.15) is 36.8 Å². The number of ether oxygens (including phenoxy) is 2. The summed E-state index contributed by atoms with van der Waals surface area (Å²) < 4.78 is 10.8. The monoisotopic (exact) mass is 571 g/mol. The van der Waals surface area contributed by atoms with E-state index in [9.17, 15) is 19.2 Å². The summed E-state index contributed by atoms with van der Waals surface area (Å²) >= 11 is 0. The fraction of sp³-hybridized carbons (Fsp3) is 0.323. The van der Waals surface area contributed by atoms with Crippen LogP contribution >= 0.6 is 0 Å². The number of rotatable bonds is 8. The van der Waals surface area contributed by atoms with E-state index >= 15 is 0 Å². The molecule has 11 heteroatoms. The number of nitrogens with one attached hydrogen (secondary N) is 2. The SMILES string of the molecule is O=C(Nc1cccc(NC(=O)[C@@H]2CCCN2C(=O)OCc2ccccc2)n1)[C@@H]1CCCN1C(=O)OCc1ccccc1. The first kappa shape index (κ1) is 28.6. The lowest BCUT2D eigenvalue weighted by molar-refractivity contribution is -0.120. The van der Waals surface area contributed by atoms with E-state index in [1.165, 1.54) is 9.80 Å². The van der Waals surface area contributed by atoms with Gasteiger partial charge < -0.3 is 20.1 Å². The molecule has 0 aliphatic carbocycles. The van der Waals surface area contributed by atoms with E-state index in [1.807, 2.05) is 60.7 Å². The zero-order valence-electron chi connectivity index (χ0n) is 23.1. The highest BCUT2D eigenvalue weighted by Crippen LogP contribution is 2.23. The van der Waals surface area contributed by atoms with E-state index < -0.39 is 24.3 Å². The molecular weight excluding hydrogens is 538 g/mol. The number of hydrogen-bond donors (Lipinski definition) is 2. The molecule has 2 saturated heterocycles. The predicted molar refractivity (Wildman–Crippen MR) is 154 cm³/mol. The van der Waals surface area contributed by atoms with Gasteiger partial charge in [0, 0.05) is 13.1 Å². The normalized spacial score (nSPS) is 17.9. The summed E-state index contributed by atoms with van der Waals surface area (Å²) in [5.41, 5.74) is 1.72. The molecule has 0 unspecified atom stereocenters. The summed E-state index contributed by atoms with van der Waals surface area (Å²) in [5.74, 6) is -0.313. The number of carbonyl (C=O) groups is 4. The van der Waals surface area contributed by atoms with Crippen molar-refractivity contribution in [3.63, 3.8) is 0 Å². The van der Waals surface area contributed by atoms with Crippen molar-refractivity contribution in [2.24, 2.45) is 0 Å². The summed E-state index contributed by atoms with van der Waals surface area (Å²) in [6, 6.07) is 22.1. The molecule has 42 heavy (non-hydrogen) atoms. The lowest BCUT2D eigenvalue weighted by atomic mass is 10.2. The predicted octanol–water partition coefficient (Wildman–Crippen LogP) is 4.56. The van der Waals surface area contributed by atoms with Crippen LogP contribution in [0.5, 0.6) is 0 Å². The molecule has 0 radical (unpaired) electrons. The van der Waals surface area contributed by atoms with Gasteiger partial charge in [-0.3, -0.25) is 19.4 Å². The van der Waals surface area contributed by atoms with Crippen molar-refractivity contribution < 1.29 is 28.7 Å². The van der Waals surface area contributed by atoms with Gasteiger partial charge in [0.2, 0.25) is 11.8 Å². The van der Waals surface area contributed by atoms with Gasteiger partial charge in [-0.05, 0) is 48.9 Å². The van der Waals surface area contributed by atoms with Crippen LogP contribution in [0.25, 0.3) is 0 Å². The van der Waals surface area contributed by atoms with Crippen molar-refractivity contribution in [2.75, 3.05) is 23.7 Å². The lowest BCUT2D eigenvalue weighted by Crippen LogP contribution is -2.43. The molecule has 3 aromatic rings. The minimum absolute atomic E-state index is 0.122. The summed E-state index contributed by atoms with van der Waals surface area (Å²) in [6.07, 6.45) is 1.26. The summed E-state index contributed by atoms with van der Waals surface area (Å²) in [6.45, 7) is 1.08. The highest BCUT2D eigenvalue weighted by atomic mass is 16.6. The van der Waals surface area contributed by atoms with Gasteiger partial charge in [0.25, 0.3) is 0 Å². The van der Waals surface area contributed by atoms with Gasteiger partial charge in [-0.2, -0.15) is 0 Å². The highest BCUT2D eigenvalue weighted by molar-refractivity contribution is 5.98. The summed E-state index contributed by atoms with van der Waals surface area (Å²) in [4.78, 5) is 58.8. The topological polar surface area (TPSA) is 130 Å². The molecular formula is C31H33N5O6. The van der Waals surface area contributed by atoms with Crippen LogP contribution < -0.4 is 10.6 Å². The van der Waals surface area contributed by atoms with E-state index in [-0.39, 0.29) is 36.7 Å². The average molecular weight is 572 g/mol. The van der Waals surface area contributed by atoms with Gasteiger partial charge in [0.05, 0.1) is 0 Å². The maximum atomic E-state index is 13.1. The molecule has 2 N–H and O–H groups in total. The Morgan fingerprint density at radius 3 is 1.50 bits per heavy atom. The number of likely N-dealkylation sites (tertiary alicyclic amines) is 2. The second-order valence-corrected chi connectivity index (χ2v) is 10.2. The molecule has 2 aliphatic heterocycles. The number of benzene rings is 2. The molecule has 2 aromatic carbocycles. The van der Waals surface area contributed by atoms with Crippen molar-refractivity contribution in [3.8, 4) is 0 Å². The van der Waals surface area contributed by atoms with Crippen LogP contribution in [-0.2, 0) is 32.3 Å². The fourth-order valence-corrected chi connectivity index (χ4v) is 5.11. The van der Waals surface area contributed by atoms with Crippen molar-refractivity contribution in [3.05, 3.63) is 90.0 Å². The van der Waals surface area contributed by atoms with Gasteiger partial charge in [-0.15, -0.1) is 0 Å². The second kappa shape index (κ2) is 13.6. The molecule has 218 valence electrons. The summed E-state index contributed by atoms with van der Waals surface area (Å²) in [5, 5.41) is 5.50. The van der Waals surface area contributed by atoms with Crippen molar-refractivity contribution in [2.45, 2.75) is 51.0 Å². The van der Waals surface area contributed by atoms with E-state index in [0.717, 1.165) is 11.1 Å². The van der Waals surface area contributed by atoms with E-state index in [2.05, 4.69) is 15.6 Å². The fourth-order valence-electron chi connectivity index (χ4n) is 5.11. The molecule has 2 atom stereocenters. The Bertz CT molecular complexity index is 1300. The Labute approximate surface area is 243 Å². The molecule has 4 amide bonds. The number of anilines is 2. The average Bonchev–Trinajstić information content (AvgIpc) is 3.71. The third-order valence-corrected chi connectivity index (χ3v) is 7.24. The third kappa shape index (κ3) is 7.22. The number of aromatic nitrogens is 1. The van der Waals surface area contributed by atoms with Crippen LogP contribution in [-0.4, -0.2) is 64.0 Å². The van der Waals surface area contributed by atoms with Gasteiger partial charge in [0.15, 0.2) is 0 Å². The smallest absolute Gasteiger partial charge is 0.410 e. The van der Waals surface area contributed by atoms with Crippen molar-refractivity contribution in [1.29, 1.82) is 0 Å². The van der Waals surface area contributed by atoms with Crippen molar-refractivity contribution in [1.82, 2.24) is 14.8 Å². The Morgan fingerprint density at radius 2 is 1.07 bits per heavy atom. The number of hydrogen-bond acceptors (Lipinski definition) is 7. The Hall–Kier alpha value is -4.93. The van der Waals surface area contributed by atoms with Crippen LogP contribution in [0.3, 0.4) is 0 Å². The number of carbonyl (C=O) groups excluding carboxylic acids is 4. The molecule has 3 heterocycles. The Morgan fingerprint density at radius 1 is 0.643 bits per heavy atom. The van der Waals surface area contributed by atoms with E-state index in [4.69, 9.17) is 9.47 Å². The zero-order valence-corrected chi connectivity index (χ0v) is 23.1. The first-order chi connectivity index (χ1) is 20.5. The van der Waals surface area contributed by atoms with Crippen LogP contribution in [0, 0.1) is 0 Å². The maximum Gasteiger partial charge on any atom is 0.410 e. The molecule has 11 nitrogen and oxygen atoms in total. The molecule has 0 saturated carbocycles.